The molecule has 0 aliphatic rings. The summed E-state index contributed by atoms with van der Waals surface area (Å²) >= 11 is 0. The van der Waals surface area contributed by atoms with Gasteiger partial charge in [0, 0.05) is 15.2 Å². The maximum absolute atomic E-state index is 12.9. The van der Waals surface area contributed by atoms with E-state index < -0.39 is 0 Å². The lowest BCUT2D eigenvalue weighted by Crippen LogP contribution is -2.25. The average Bonchev–Trinajstić information content (AvgIpc) is 2.98. The van der Waals surface area contributed by atoms with E-state index in [1.807, 2.05) is 0 Å². The first-order valence-electron chi connectivity index (χ1n) is 17.9. The van der Waals surface area contributed by atoms with Crippen molar-refractivity contribution in [2.45, 2.75) is 193 Å². The van der Waals surface area contributed by atoms with Crippen LogP contribution in [0.5, 0.6) is 0 Å². The Kier molecular flexibility index (Phi) is 33.5. The lowest BCUT2D eigenvalue weighted by molar-refractivity contribution is -0.136. The van der Waals surface area contributed by atoms with Gasteiger partial charge in [0.2, 0.25) is 5.78 Å². The van der Waals surface area contributed by atoms with E-state index >= 15 is 0 Å². The largest absolute Gasteiger partial charge is 0.394 e. The number of unbranched alkanes of at least 4 members (excludes halogenated alkanes) is 22. The van der Waals surface area contributed by atoms with Crippen LogP contribution in [0.3, 0.4) is 0 Å². The van der Waals surface area contributed by atoms with Crippen molar-refractivity contribution in [3.05, 3.63) is 12.2 Å². The minimum Gasteiger partial charge on any atom is -0.394 e. The highest BCUT2D eigenvalue weighted by molar-refractivity contribution is 7.35. The summed E-state index contributed by atoms with van der Waals surface area (Å²) in [4.78, 5) is 25.5. The fourth-order valence-corrected chi connectivity index (χ4v) is 6.31. The van der Waals surface area contributed by atoms with Crippen LogP contribution >= 0.6 is 8.81 Å². The summed E-state index contributed by atoms with van der Waals surface area (Å²) in [6.45, 7) is 4.71. The molecule has 0 aliphatic heterocycles. The van der Waals surface area contributed by atoms with Crippen LogP contribution < -0.4 is 0 Å². The van der Waals surface area contributed by atoms with Crippen LogP contribution in [0, 0.1) is 0 Å². The zero-order valence-corrected chi connectivity index (χ0v) is 28.4. The Morgan fingerprint density at radius 1 is 0.610 bits per heavy atom. The summed E-state index contributed by atoms with van der Waals surface area (Å²) in [5.41, 5.74) is -0.326. The third kappa shape index (κ3) is 29.3. The molecule has 2 unspecified atom stereocenters. The van der Waals surface area contributed by atoms with Gasteiger partial charge in [0.25, 0.3) is 0 Å². The normalized spacial score (nSPS) is 12.7. The molecule has 0 aromatic carbocycles. The fourth-order valence-electron chi connectivity index (χ4n) is 5.31. The predicted molar refractivity (Wildman–Crippen MR) is 180 cm³/mol. The molecule has 0 amide bonds. The van der Waals surface area contributed by atoms with Crippen molar-refractivity contribution in [2.75, 3.05) is 13.2 Å². The van der Waals surface area contributed by atoms with Gasteiger partial charge in [-0.3, -0.25) is 9.59 Å². The van der Waals surface area contributed by atoms with Crippen molar-refractivity contribution in [2.24, 2.45) is 0 Å². The summed E-state index contributed by atoms with van der Waals surface area (Å²) < 4.78 is 5.50. The number of rotatable bonds is 34. The topological polar surface area (TPSA) is 63.6 Å². The van der Waals surface area contributed by atoms with Crippen LogP contribution in [0.2, 0.25) is 0 Å². The molecule has 0 saturated heterocycles. The molecule has 0 bridgehead atoms. The molecule has 5 heteroatoms. The second-order valence-corrected chi connectivity index (χ2v) is 13.3. The van der Waals surface area contributed by atoms with Crippen LogP contribution in [0.25, 0.3) is 0 Å². The van der Waals surface area contributed by atoms with Gasteiger partial charge in [0.15, 0.2) is 5.78 Å². The van der Waals surface area contributed by atoms with Crippen molar-refractivity contribution >= 4 is 20.4 Å². The molecule has 0 aliphatic carbocycles. The number of aliphatic hydroxyl groups is 1. The van der Waals surface area contributed by atoms with Gasteiger partial charge < -0.3 is 9.63 Å². The molecule has 41 heavy (non-hydrogen) atoms. The smallest absolute Gasteiger partial charge is 0.207 e. The third-order valence-electron chi connectivity index (χ3n) is 8.02. The lowest BCUT2D eigenvalue weighted by Gasteiger charge is -2.15. The van der Waals surface area contributed by atoms with Crippen molar-refractivity contribution < 1.29 is 19.2 Å². The molecule has 0 spiro atoms. The summed E-state index contributed by atoms with van der Waals surface area (Å²) in [6.07, 6.45) is 37.1. The average molecular weight is 597 g/mol. The SMILES string of the molecule is CCCCCCCC/C=C\CCCCCCC(POCCO)C(=O)C(=O)CCCCCCCCCCCCCCC. The van der Waals surface area contributed by atoms with Crippen molar-refractivity contribution in [1.29, 1.82) is 0 Å². The number of ketones is 2. The first-order valence-corrected chi connectivity index (χ1v) is 18.9. The quantitative estimate of drug-likeness (QED) is 0.0347. The standard InChI is InChI=1S/C36H69O4P/c1-3-5-7-9-11-13-15-17-19-21-23-25-27-29-31-35(41-40-33-32-37)36(39)34(38)30-28-26-24-22-20-18-16-14-12-10-8-6-4-2/h17,19,35,37,41H,3-16,18,20-33H2,1-2H3/b19-17-. The Bertz CT molecular complexity index is 592. The molecule has 242 valence electrons. The summed E-state index contributed by atoms with van der Waals surface area (Å²) in [5.74, 6) is -0.452. The van der Waals surface area contributed by atoms with E-state index in [1.165, 1.54) is 116 Å². The van der Waals surface area contributed by atoms with Crippen LogP contribution in [0.15, 0.2) is 12.2 Å². The molecular weight excluding hydrogens is 527 g/mol. The number of aliphatic hydroxyl groups excluding tert-OH is 1. The van der Waals surface area contributed by atoms with Gasteiger partial charge in [-0.15, -0.1) is 0 Å². The minimum absolute atomic E-state index is 0.0230. The van der Waals surface area contributed by atoms with Gasteiger partial charge in [0.05, 0.1) is 18.9 Å². The van der Waals surface area contributed by atoms with E-state index in [2.05, 4.69) is 26.0 Å². The molecule has 4 nitrogen and oxygen atoms in total. The maximum atomic E-state index is 12.9. The molecule has 0 aromatic rings. The van der Waals surface area contributed by atoms with E-state index in [-0.39, 0.29) is 39.2 Å². The first-order chi connectivity index (χ1) is 20.2. The van der Waals surface area contributed by atoms with E-state index in [4.69, 9.17) is 9.63 Å². The number of allylic oxidation sites excluding steroid dienone is 2. The predicted octanol–water partition coefficient (Wildman–Crippen LogP) is 11.2. The van der Waals surface area contributed by atoms with Crippen LogP contribution in [0.1, 0.15) is 187 Å². The van der Waals surface area contributed by atoms with Gasteiger partial charge in [-0.05, 0) is 38.5 Å². The summed E-state index contributed by atoms with van der Waals surface area (Å²) in [5, 5.41) is 9.04. The molecule has 2 atom stereocenters. The zero-order valence-electron chi connectivity index (χ0n) is 27.4. The van der Waals surface area contributed by atoms with E-state index in [9.17, 15) is 9.59 Å². The van der Waals surface area contributed by atoms with Gasteiger partial charge in [0.1, 0.15) is 0 Å². The van der Waals surface area contributed by atoms with Crippen LogP contribution in [-0.4, -0.2) is 35.5 Å². The highest BCUT2D eigenvalue weighted by Crippen LogP contribution is 2.27. The Labute approximate surface area is 257 Å². The molecule has 0 saturated carbocycles. The van der Waals surface area contributed by atoms with Crippen molar-refractivity contribution in [3.8, 4) is 0 Å². The number of Topliss-reactive ketones (excluding diaryl/α,β-unsaturated/α-hetero) is 2. The maximum Gasteiger partial charge on any atom is 0.207 e. The highest BCUT2D eigenvalue weighted by atomic mass is 31.1. The molecule has 0 fully saturated rings. The van der Waals surface area contributed by atoms with Gasteiger partial charge in [-0.25, -0.2) is 0 Å². The molecule has 0 aromatic heterocycles. The number of carbonyl (C=O) groups is 2. The first kappa shape index (κ1) is 40.4. The third-order valence-corrected chi connectivity index (χ3v) is 9.23. The van der Waals surface area contributed by atoms with Crippen LogP contribution in [0.4, 0.5) is 0 Å². The highest BCUT2D eigenvalue weighted by Gasteiger charge is 2.25. The Morgan fingerprint density at radius 3 is 1.49 bits per heavy atom. The van der Waals surface area contributed by atoms with E-state index in [0.717, 1.165) is 51.4 Å². The van der Waals surface area contributed by atoms with Gasteiger partial charge in [-0.2, -0.15) is 0 Å². The molecule has 0 heterocycles. The number of hydrogen-bond acceptors (Lipinski definition) is 4. The minimum atomic E-state index is -0.326. The van der Waals surface area contributed by atoms with Crippen molar-refractivity contribution in [1.82, 2.24) is 0 Å². The zero-order chi connectivity index (χ0) is 30.1. The second kappa shape index (κ2) is 33.9. The summed E-state index contributed by atoms with van der Waals surface area (Å²) in [6, 6.07) is 0. The Balaban J connectivity index is 3.92. The molecule has 0 radical (unpaired) electrons. The number of hydrogen-bond donors (Lipinski definition) is 1. The Hall–Kier alpha value is -0.570. The lowest BCUT2D eigenvalue weighted by atomic mass is 10.0. The van der Waals surface area contributed by atoms with Crippen molar-refractivity contribution in [3.63, 3.8) is 0 Å². The molecule has 1 N–H and O–H groups in total. The van der Waals surface area contributed by atoms with Crippen LogP contribution in [-0.2, 0) is 14.1 Å². The van der Waals surface area contributed by atoms with E-state index in [1.54, 1.807) is 0 Å². The molecule has 0 rings (SSSR count). The van der Waals surface area contributed by atoms with Gasteiger partial charge in [-0.1, -0.05) is 154 Å². The monoisotopic (exact) mass is 596 g/mol. The van der Waals surface area contributed by atoms with Gasteiger partial charge >= 0.3 is 0 Å². The number of carbonyl (C=O) groups excluding carboxylic acids is 2. The second-order valence-electron chi connectivity index (χ2n) is 12.0. The summed E-state index contributed by atoms with van der Waals surface area (Å²) in [7, 11) is -0.0230. The van der Waals surface area contributed by atoms with E-state index in [0.29, 0.717) is 6.42 Å². The Morgan fingerprint density at radius 2 is 1.02 bits per heavy atom. The fraction of sp³-hybridized carbons (Fsp3) is 0.889. The molecular formula is C36H69O4P.